The van der Waals surface area contributed by atoms with Crippen LogP contribution in [0, 0.1) is 5.92 Å². The maximum Gasteiger partial charge on any atom is 0.247 e. The Bertz CT molecular complexity index is 689. The van der Waals surface area contributed by atoms with Crippen LogP contribution in [0.1, 0.15) is 48.6 Å². The van der Waals surface area contributed by atoms with Gasteiger partial charge in [0.05, 0.1) is 5.69 Å². The molecule has 1 N–H and O–H groups in total. The van der Waals surface area contributed by atoms with Crippen LogP contribution >= 0.6 is 0 Å². The van der Waals surface area contributed by atoms with Gasteiger partial charge in [-0.05, 0) is 56.7 Å². The maximum atomic E-state index is 11.1. The van der Waals surface area contributed by atoms with Crippen molar-refractivity contribution in [1.29, 1.82) is 0 Å². The largest absolute Gasteiger partial charge is 0.361 e. The Morgan fingerprint density at radius 2 is 2.04 bits per heavy atom. The van der Waals surface area contributed by atoms with E-state index < -0.39 is 0 Å². The molecular weight excluding hydrogens is 290 g/mol. The molecule has 0 spiro atoms. The van der Waals surface area contributed by atoms with Gasteiger partial charge in [-0.2, -0.15) is 0 Å². The van der Waals surface area contributed by atoms with Crippen LogP contribution in [0.5, 0.6) is 0 Å². The fourth-order valence-electron chi connectivity index (χ4n) is 3.44. The number of H-pyrrole nitrogens is 1. The number of nitrogens with one attached hydrogen (secondary N) is 1. The van der Waals surface area contributed by atoms with Gasteiger partial charge in [0, 0.05) is 30.8 Å². The van der Waals surface area contributed by atoms with Gasteiger partial charge < -0.3 is 9.51 Å². The van der Waals surface area contributed by atoms with Gasteiger partial charge in [0.2, 0.25) is 5.56 Å². The summed E-state index contributed by atoms with van der Waals surface area (Å²) in [6.45, 7) is 3.13. The highest BCUT2D eigenvalue weighted by Crippen LogP contribution is 2.40. The molecule has 0 unspecified atom stereocenters. The minimum Gasteiger partial charge on any atom is -0.361 e. The lowest BCUT2D eigenvalue weighted by Gasteiger charge is -2.31. The van der Waals surface area contributed by atoms with Gasteiger partial charge in [-0.25, -0.2) is 0 Å². The Kier molecular flexibility index (Phi) is 4.04. The molecule has 2 fully saturated rings. The quantitative estimate of drug-likeness (QED) is 0.922. The van der Waals surface area contributed by atoms with E-state index in [2.05, 4.69) is 21.1 Å². The maximum absolute atomic E-state index is 11.1. The lowest BCUT2D eigenvalue weighted by molar-refractivity contribution is 0.173. The summed E-state index contributed by atoms with van der Waals surface area (Å²) in [7, 11) is 0. The van der Waals surface area contributed by atoms with E-state index in [0.29, 0.717) is 11.8 Å². The molecule has 5 nitrogen and oxygen atoms in total. The fourth-order valence-corrected chi connectivity index (χ4v) is 3.44. The molecule has 1 aliphatic heterocycles. The molecule has 2 aromatic heterocycles. The average molecular weight is 313 g/mol. The monoisotopic (exact) mass is 313 g/mol. The lowest BCUT2D eigenvalue weighted by Crippen LogP contribution is -2.34. The van der Waals surface area contributed by atoms with Gasteiger partial charge in [-0.1, -0.05) is 11.2 Å². The van der Waals surface area contributed by atoms with Crippen molar-refractivity contribution < 1.29 is 4.52 Å². The summed E-state index contributed by atoms with van der Waals surface area (Å²) in [5.74, 6) is 2.42. The summed E-state index contributed by atoms with van der Waals surface area (Å²) in [6, 6.07) is 5.70. The molecular formula is C18H23N3O2. The van der Waals surface area contributed by atoms with E-state index in [1.165, 1.54) is 31.2 Å². The first-order valence-corrected chi connectivity index (χ1v) is 8.62. The zero-order chi connectivity index (χ0) is 15.6. The van der Waals surface area contributed by atoms with Crippen molar-refractivity contribution in [3.63, 3.8) is 0 Å². The zero-order valence-corrected chi connectivity index (χ0v) is 13.3. The summed E-state index contributed by atoms with van der Waals surface area (Å²) < 4.78 is 5.43. The molecule has 0 amide bonds. The van der Waals surface area contributed by atoms with E-state index in [4.69, 9.17) is 4.52 Å². The SMILES string of the molecule is O=c1ccc(CC2CCN(Cc3cc(C4CC4)on3)CC2)c[nH]1. The fraction of sp³-hybridized carbons (Fsp3) is 0.556. The average Bonchev–Trinajstić information content (AvgIpc) is 3.32. The van der Waals surface area contributed by atoms with Crippen molar-refractivity contribution >= 4 is 0 Å². The molecule has 0 radical (unpaired) electrons. The highest BCUT2D eigenvalue weighted by molar-refractivity contribution is 5.14. The summed E-state index contributed by atoms with van der Waals surface area (Å²) in [6.07, 6.45) is 7.82. The first-order valence-electron chi connectivity index (χ1n) is 8.62. The molecule has 2 aromatic rings. The number of nitrogens with zero attached hydrogens (tertiary/aromatic N) is 2. The predicted octanol–water partition coefficient (Wildman–Crippen LogP) is 2.70. The molecule has 4 rings (SSSR count). The molecule has 1 aliphatic carbocycles. The first kappa shape index (κ1) is 14.7. The van der Waals surface area contributed by atoms with Crippen molar-refractivity contribution in [1.82, 2.24) is 15.0 Å². The predicted molar refractivity (Wildman–Crippen MR) is 87.2 cm³/mol. The Morgan fingerprint density at radius 3 is 2.74 bits per heavy atom. The third-order valence-corrected chi connectivity index (χ3v) is 5.02. The molecule has 1 saturated heterocycles. The van der Waals surface area contributed by atoms with Gasteiger partial charge in [0.25, 0.3) is 0 Å². The van der Waals surface area contributed by atoms with Crippen molar-refractivity contribution in [3.05, 3.63) is 51.8 Å². The number of piperidine rings is 1. The van der Waals surface area contributed by atoms with Crippen molar-refractivity contribution in [2.75, 3.05) is 13.1 Å². The second-order valence-corrected chi connectivity index (χ2v) is 6.98. The first-order chi connectivity index (χ1) is 11.3. The molecule has 2 aliphatic rings. The number of hydrogen-bond donors (Lipinski definition) is 1. The molecule has 122 valence electrons. The molecule has 1 saturated carbocycles. The van der Waals surface area contributed by atoms with Crippen LogP contribution in [-0.2, 0) is 13.0 Å². The standard InChI is InChI=1S/C18H23N3O2/c22-18-4-1-14(11-19-18)9-13-5-7-21(8-6-13)12-16-10-17(23-20-16)15-2-3-15/h1,4,10-11,13,15H,2-3,5-9,12H2,(H,19,22). The highest BCUT2D eigenvalue weighted by atomic mass is 16.5. The van der Waals surface area contributed by atoms with Gasteiger partial charge in [0.1, 0.15) is 5.76 Å². The van der Waals surface area contributed by atoms with E-state index in [1.54, 1.807) is 6.07 Å². The third-order valence-electron chi connectivity index (χ3n) is 5.02. The molecule has 5 heteroatoms. The van der Waals surface area contributed by atoms with Crippen molar-refractivity contribution in [2.24, 2.45) is 5.92 Å². The lowest BCUT2D eigenvalue weighted by atomic mass is 9.90. The minimum absolute atomic E-state index is 0.0262. The molecule has 3 heterocycles. The van der Waals surface area contributed by atoms with Crippen LogP contribution in [0.3, 0.4) is 0 Å². The molecule has 23 heavy (non-hydrogen) atoms. The van der Waals surface area contributed by atoms with E-state index in [1.807, 2.05) is 12.3 Å². The summed E-state index contributed by atoms with van der Waals surface area (Å²) in [5, 5.41) is 4.22. The Labute approximate surface area is 135 Å². The van der Waals surface area contributed by atoms with Crippen LogP contribution in [0.4, 0.5) is 0 Å². The summed E-state index contributed by atoms with van der Waals surface area (Å²) in [5.41, 5.74) is 2.28. The van der Waals surface area contributed by atoms with Crippen LogP contribution < -0.4 is 5.56 Å². The number of rotatable bonds is 5. The second kappa shape index (κ2) is 6.32. The van der Waals surface area contributed by atoms with Gasteiger partial charge in [-0.3, -0.25) is 9.69 Å². The van der Waals surface area contributed by atoms with Crippen LogP contribution in [0.2, 0.25) is 0 Å². The normalized spacial score (nSPS) is 20.0. The zero-order valence-electron chi connectivity index (χ0n) is 13.3. The van der Waals surface area contributed by atoms with E-state index in [-0.39, 0.29) is 5.56 Å². The topological polar surface area (TPSA) is 62.1 Å². The summed E-state index contributed by atoms with van der Waals surface area (Å²) >= 11 is 0. The molecule has 0 aromatic carbocycles. The van der Waals surface area contributed by atoms with Crippen molar-refractivity contribution in [2.45, 2.75) is 44.6 Å². The Morgan fingerprint density at radius 1 is 1.22 bits per heavy atom. The Hall–Kier alpha value is -1.88. The van der Waals surface area contributed by atoms with Crippen LogP contribution in [-0.4, -0.2) is 28.1 Å². The Balaban J connectivity index is 1.26. The van der Waals surface area contributed by atoms with Crippen LogP contribution in [0.25, 0.3) is 0 Å². The number of pyridine rings is 1. The van der Waals surface area contributed by atoms with Gasteiger partial charge in [0.15, 0.2) is 0 Å². The highest BCUT2D eigenvalue weighted by Gasteiger charge is 2.28. The van der Waals surface area contributed by atoms with E-state index in [9.17, 15) is 4.79 Å². The smallest absolute Gasteiger partial charge is 0.247 e. The van der Waals surface area contributed by atoms with Gasteiger partial charge >= 0.3 is 0 Å². The summed E-state index contributed by atoms with van der Waals surface area (Å²) in [4.78, 5) is 16.3. The van der Waals surface area contributed by atoms with Gasteiger partial charge in [-0.15, -0.1) is 0 Å². The van der Waals surface area contributed by atoms with Crippen molar-refractivity contribution in [3.8, 4) is 0 Å². The minimum atomic E-state index is -0.0262. The second-order valence-electron chi connectivity index (χ2n) is 6.98. The number of hydrogen-bond acceptors (Lipinski definition) is 4. The van der Waals surface area contributed by atoms with Crippen LogP contribution in [0.15, 0.2) is 33.7 Å². The third kappa shape index (κ3) is 3.72. The van der Waals surface area contributed by atoms with E-state index >= 15 is 0 Å². The van der Waals surface area contributed by atoms with E-state index in [0.717, 1.165) is 37.5 Å². The molecule has 0 bridgehead atoms. The number of aromatic amines is 1. The molecule has 0 atom stereocenters. The number of aromatic nitrogens is 2. The number of likely N-dealkylation sites (tertiary alicyclic amines) is 1.